The summed E-state index contributed by atoms with van der Waals surface area (Å²) in [6.07, 6.45) is 2.00. The zero-order chi connectivity index (χ0) is 16.8. The van der Waals surface area contributed by atoms with Crippen LogP contribution in [0.25, 0.3) is 0 Å². The third-order valence-corrected chi connectivity index (χ3v) is 4.28. The smallest absolute Gasteiger partial charge is 0.317 e. The molecular formula is C16H21ClN2O4. The van der Waals surface area contributed by atoms with E-state index < -0.39 is 11.9 Å². The van der Waals surface area contributed by atoms with E-state index in [0.717, 1.165) is 12.0 Å². The largest absolute Gasteiger partial charge is 0.495 e. The number of halogens is 1. The Hall–Kier alpha value is -1.95. The van der Waals surface area contributed by atoms with Gasteiger partial charge >= 0.3 is 12.0 Å². The number of hydrogen-bond acceptors (Lipinski definition) is 3. The van der Waals surface area contributed by atoms with Crippen LogP contribution in [-0.2, 0) is 11.2 Å². The van der Waals surface area contributed by atoms with Crippen molar-refractivity contribution in [2.75, 3.05) is 26.7 Å². The van der Waals surface area contributed by atoms with Crippen molar-refractivity contribution in [2.24, 2.45) is 5.92 Å². The van der Waals surface area contributed by atoms with Crippen molar-refractivity contribution in [3.63, 3.8) is 0 Å². The molecule has 2 amide bonds. The zero-order valence-electron chi connectivity index (χ0n) is 13.0. The molecule has 1 saturated heterocycles. The molecule has 23 heavy (non-hydrogen) atoms. The fourth-order valence-corrected chi connectivity index (χ4v) is 2.84. The highest BCUT2D eigenvalue weighted by Crippen LogP contribution is 2.25. The van der Waals surface area contributed by atoms with Crippen LogP contribution in [0.1, 0.15) is 18.4 Å². The summed E-state index contributed by atoms with van der Waals surface area (Å²) in [6, 6.07) is 5.28. The number of ether oxygens (including phenoxy) is 1. The monoisotopic (exact) mass is 340 g/mol. The lowest BCUT2D eigenvalue weighted by Gasteiger charge is -2.30. The Labute approximate surface area is 140 Å². The third-order valence-electron chi connectivity index (χ3n) is 3.96. The van der Waals surface area contributed by atoms with Crippen LogP contribution in [0.15, 0.2) is 18.2 Å². The van der Waals surface area contributed by atoms with E-state index in [0.29, 0.717) is 36.7 Å². The summed E-state index contributed by atoms with van der Waals surface area (Å²) in [6.45, 7) is 1.35. The van der Waals surface area contributed by atoms with E-state index in [-0.39, 0.29) is 12.6 Å². The van der Waals surface area contributed by atoms with Gasteiger partial charge in [0.25, 0.3) is 0 Å². The van der Waals surface area contributed by atoms with Gasteiger partial charge in [-0.25, -0.2) is 4.79 Å². The number of carbonyl (C=O) groups excluding carboxylic acids is 1. The van der Waals surface area contributed by atoms with E-state index in [1.807, 2.05) is 12.1 Å². The SMILES string of the molecule is COc1cc(CCNC(=O)N2CCCC(C(=O)O)C2)ccc1Cl. The molecule has 2 rings (SSSR count). The van der Waals surface area contributed by atoms with Crippen molar-refractivity contribution in [2.45, 2.75) is 19.3 Å². The number of aliphatic carboxylic acids is 1. The summed E-state index contributed by atoms with van der Waals surface area (Å²) >= 11 is 5.97. The minimum atomic E-state index is -0.837. The first-order valence-electron chi connectivity index (χ1n) is 7.59. The Kier molecular flexibility index (Phi) is 6.10. The molecule has 0 saturated carbocycles. The van der Waals surface area contributed by atoms with Gasteiger partial charge in [-0.05, 0) is 37.0 Å². The van der Waals surface area contributed by atoms with Gasteiger partial charge in [-0.2, -0.15) is 0 Å². The molecule has 1 fully saturated rings. The van der Waals surface area contributed by atoms with E-state index in [1.165, 1.54) is 0 Å². The van der Waals surface area contributed by atoms with Crippen molar-refractivity contribution < 1.29 is 19.4 Å². The number of carboxylic acid groups (broad SMARTS) is 1. The van der Waals surface area contributed by atoms with Gasteiger partial charge in [0.2, 0.25) is 0 Å². The summed E-state index contributed by atoms with van der Waals surface area (Å²) < 4.78 is 5.16. The molecule has 1 aliphatic heterocycles. The highest BCUT2D eigenvalue weighted by molar-refractivity contribution is 6.32. The van der Waals surface area contributed by atoms with Gasteiger partial charge < -0.3 is 20.1 Å². The molecular weight excluding hydrogens is 320 g/mol. The number of piperidine rings is 1. The van der Waals surface area contributed by atoms with Crippen LogP contribution in [0.4, 0.5) is 4.79 Å². The maximum atomic E-state index is 12.1. The summed E-state index contributed by atoms with van der Waals surface area (Å²) in [5.41, 5.74) is 1.01. The number of nitrogens with zero attached hydrogens (tertiary/aromatic N) is 1. The summed E-state index contributed by atoms with van der Waals surface area (Å²) in [4.78, 5) is 24.7. The van der Waals surface area contributed by atoms with Gasteiger partial charge in [0.1, 0.15) is 5.75 Å². The van der Waals surface area contributed by atoms with Gasteiger partial charge in [0.15, 0.2) is 0 Å². The normalized spacial score (nSPS) is 17.7. The van der Waals surface area contributed by atoms with E-state index >= 15 is 0 Å². The fourth-order valence-electron chi connectivity index (χ4n) is 2.65. The molecule has 0 aliphatic carbocycles. The number of urea groups is 1. The van der Waals surface area contributed by atoms with Crippen LogP contribution < -0.4 is 10.1 Å². The Bertz CT molecular complexity index is 579. The number of methoxy groups -OCH3 is 1. The molecule has 1 aliphatic rings. The number of benzene rings is 1. The summed E-state index contributed by atoms with van der Waals surface area (Å²) in [5.74, 6) is -0.693. The van der Waals surface area contributed by atoms with Crippen molar-refractivity contribution in [3.8, 4) is 5.75 Å². The molecule has 1 aromatic carbocycles. The van der Waals surface area contributed by atoms with Crippen LogP contribution in [0.2, 0.25) is 5.02 Å². The predicted molar refractivity (Wildman–Crippen MR) is 87.0 cm³/mol. The molecule has 1 atom stereocenters. The number of carbonyl (C=O) groups is 2. The molecule has 1 unspecified atom stereocenters. The molecule has 1 aromatic rings. The number of carboxylic acids is 1. The van der Waals surface area contributed by atoms with E-state index in [9.17, 15) is 9.59 Å². The van der Waals surface area contributed by atoms with E-state index in [2.05, 4.69) is 5.32 Å². The van der Waals surface area contributed by atoms with Gasteiger partial charge in [0, 0.05) is 19.6 Å². The molecule has 7 heteroatoms. The second-order valence-corrected chi connectivity index (χ2v) is 5.98. The van der Waals surface area contributed by atoms with E-state index in [1.54, 1.807) is 18.1 Å². The first-order valence-corrected chi connectivity index (χ1v) is 7.97. The average molecular weight is 341 g/mol. The Morgan fingerprint density at radius 2 is 2.26 bits per heavy atom. The topological polar surface area (TPSA) is 78.9 Å². The standard InChI is InChI=1S/C16H21ClN2O4/c1-23-14-9-11(4-5-13(14)17)6-7-18-16(22)19-8-2-3-12(10-19)15(20)21/h4-5,9,12H,2-3,6-8,10H2,1H3,(H,18,22)(H,20,21). The number of rotatable bonds is 5. The van der Waals surface area contributed by atoms with Crippen LogP contribution in [0.3, 0.4) is 0 Å². The van der Waals surface area contributed by atoms with Crippen LogP contribution >= 0.6 is 11.6 Å². The molecule has 0 aromatic heterocycles. The van der Waals surface area contributed by atoms with E-state index in [4.69, 9.17) is 21.4 Å². The van der Waals surface area contributed by atoms with Crippen LogP contribution in [-0.4, -0.2) is 48.8 Å². The molecule has 1 heterocycles. The Balaban J connectivity index is 1.81. The number of likely N-dealkylation sites (tertiary alicyclic amines) is 1. The molecule has 6 nitrogen and oxygen atoms in total. The van der Waals surface area contributed by atoms with Gasteiger partial charge in [-0.15, -0.1) is 0 Å². The number of nitrogens with one attached hydrogen (secondary N) is 1. The average Bonchev–Trinajstić information content (AvgIpc) is 2.56. The third kappa shape index (κ3) is 4.76. The van der Waals surface area contributed by atoms with Crippen LogP contribution in [0, 0.1) is 5.92 Å². The lowest BCUT2D eigenvalue weighted by atomic mass is 9.99. The van der Waals surface area contributed by atoms with Crippen molar-refractivity contribution >= 4 is 23.6 Å². The fraction of sp³-hybridized carbons (Fsp3) is 0.500. The molecule has 0 spiro atoms. The Morgan fingerprint density at radius 3 is 2.96 bits per heavy atom. The minimum Gasteiger partial charge on any atom is -0.495 e. The van der Waals surface area contributed by atoms with Gasteiger partial charge in [-0.3, -0.25) is 4.79 Å². The molecule has 0 bridgehead atoms. The second kappa shape index (κ2) is 8.06. The lowest BCUT2D eigenvalue weighted by Crippen LogP contribution is -2.47. The number of amides is 2. The highest BCUT2D eigenvalue weighted by atomic mass is 35.5. The highest BCUT2D eigenvalue weighted by Gasteiger charge is 2.27. The molecule has 2 N–H and O–H groups in total. The number of hydrogen-bond donors (Lipinski definition) is 2. The van der Waals surface area contributed by atoms with Crippen molar-refractivity contribution in [1.29, 1.82) is 0 Å². The minimum absolute atomic E-state index is 0.211. The maximum Gasteiger partial charge on any atom is 0.317 e. The second-order valence-electron chi connectivity index (χ2n) is 5.57. The zero-order valence-corrected chi connectivity index (χ0v) is 13.8. The predicted octanol–water partition coefficient (Wildman–Crippen LogP) is 2.40. The van der Waals surface area contributed by atoms with Crippen molar-refractivity contribution in [1.82, 2.24) is 10.2 Å². The van der Waals surface area contributed by atoms with Crippen molar-refractivity contribution in [3.05, 3.63) is 28.8 Å². The molecule has 126 valence electrons. The maximum absolute atomic E-state index is 12.1. The van der Waals surface area contributed by atoms with Crippen LogP contribution in [0.5, 0.6) is 5.75 Å². The van der Waals surface area contributed by atoms with Gasteiger partial charge in [-0.1, -0.05) is 17.7 Å². The Morgan fingerprint density at radius 1 is 1.48 bits per heavy atom. The lowest BCUT2D eigenvalue weighted by molar-refractivity contribution is -0.143. The first-order chi connectivity index (χ1) is 11.0. The summed E-state index contributed by atoms with van der Waals surface area (Å²) in [5, 5.41) is 12.4. The quantitative estimate of drug-likeness (QED) is 0.862. The van der Waals surface area contributed by atoms with Gasteiger partial charge in [0.05, 0.1) is 18.1 Å². The first kappa shape index (κ1) is 17.4. The summed E-state index contributed by atoms with van der Waals surface area (Å²) in [7, 11) is 1.56. The molecule has 0 radical (unpaired) electrons.